The quantitative estimate of drug-likeness (QED) is 0.204. The van der Waals surface area contributed by atoms with Crippen LogP contribution in [-0.2, 0) is 19.6 Å². The summed E-state index contributed by atoms with van der Waals surface area (Å²) in [4.78, 5) is 33.8. The number of nitrogens with zero attached hydrogens (tertiary/aromatic N) is 2. The molecule has 3 atom stereocenters. The molecule has 37 heavy (non-hydrogen) atoms. The number of benzene rings is 1. The van der Waals surface area contributed by atoms with Gasteiger partial charge < -0.3 is 26.3 Å². The monoisotopic (exact) mass is 573 g/mol. The first-order valence-electron chi connectivity index (χ1n) is 12.0. The molecule has 2 aromatic rings. The normalized spacial score (nSPS) is 18.9. The minimum atomic E-state index is -4.17. The summed E-state index contributed by atoms with van der Waals surface area (Å²) in [5.41, 5.74) is 5.83. The number of nitrogens with two attached hydrogens (primary N) is 1. The second kappa shape index (κ2) is 12.8. The van der Waals surface area contributed by atoms with Crippen LogP contribution in [0, 0.1) is 5.92 Å². The average Bonchev–Trinajstić information content (AvgIpc) is 3.36. The molecule has 0 aliphatic carbocycles. The smallest absolute Gasteiger partial charge is 0.241 e. The third-order valence-electron chi connectivity index (χ3n) is 6.27. The number of halogens is 2. The Hall–Kier alpha value is -2.54. The molecule has 2 unspecified atom stereocenters. The van der Waals surface area contributed by atoms with Crippen molar-refractivity contribution in [2.75, 3.05) is 30.7 Å². The van der Waals surface area contributed by atoms with Crippen LogP contribution in [0.1, 0.15) is 39.5 Å². The molecular formula is C23H33Cl2N7O4S. The van der Waals surface area contributed by atoms with Crippen molar-refractivity contribution in [2.45, 2.75) is 56.5 Å². The number of imidazole rings is 1. The molecule has 1 aliphatic heterocycles. The van der Waals surface area contributed by atoms with Crippen molar-refractivity contribution in [3.05, 3.63) is 34.6 Å². The predicted molar refractivity (Wildman–Crippen MR) is 144 cm³/mol. The number of nitrogen functional groups attached to an aromatic ring is 1. The molecule has 2 heterocycles. The van der Waals surface area contributed by atoms with Crippen LogP contribution in [-0.4, -0.2) is 66.8 Å². The lowest BCUT2D eigenvalue weighted by Gasteiger charge is -2.40. The van der Waals surface area contributed by atoms with E-state index in [2.05, 4.69) is 32.2 Å². The van der Waals surface area contributed by atoms with Crippen LogP contribution in [0.15, 0.2) is 29.4 Å². The second-order valence-corrected chi connectivity index (χ2v) is 11.8. The molecule has 1 aliphatic rings. The fourth-order valence-corrected chi connectivity index (χ4v) is 6.17. The molecule has 1 fully saturated rings. The van der Waals surface area contributed by atoms with Gasteiger partial charge in [0.25, 0.3) is 0 Å². The third kappa shape index (κ3) is 7.97. The van der Waals surface area contributed by atoms with Crippen molar-refractivity contribution in [2.24, 2.45) is 5.92 Å². The highest BCUT2D eigenvalue weighted by molar-refractivity contribution is 7.89. The SMILES string of the molecule is CC(=O)NCC1CC(C)CCN1C(=O)[C@H](CCCNc1ncc[nH]1)NS(=O)(=O)c1cc(Cl)c(N)c(Cl)c1. The predicted octanol–water partition coefficient (Wildman–Crippen LogP) is 2.60. The zero-order valence-electron chi connectivity index (χ0n) is 20.8. The number of hydrogen-bond acceptors (Lipinski definition) is 7. The number of sulfonamides is 1. The Labute approximate surface area is 226 Å². The lowest BCUT2D eigenvalue weighted by molar-refractivity contribution is -0.138. The van der Waals surface area contributed by atoms with E-state index in [0.717, 1.165) is 6.42 Å². The van der Waals surface area contributed by atoms with Crippen molar-refractivity contribution in [1.29, 1.82) is 0 Å². The largest absolute Gasteiger partial charge is 0.396 e. The van der Waals surface area contributed by atoms with E-state index in [1.165, 1.54) is 19.1 Å². The van der Waals surface area contributed by atoms with Gasteiger partial charge in [0.1, 0.15) is 6.04 Å². The van der Waals surface area contributed by atoms with E-state index >= 15 is 0 Å². The number of likely N-dealkylation sites (tertiary alicyclic amines) is 1. The molecule has 0 bridgehead atoms. The number of aromatic amines is 1. The van der Waals surface area contributed by atoms with E-state index in [0.29, 0.717) is 44.3 Å². The molecule has 0 radical (unpaired) electrons. The third-order valence-corrected chi connectivity index (χ3v) is 8.34. The molecule has 14 heteroatoms. The summed E-state index contributed by atoms with van der Waals surface area (Å²) >= 11 is 12.1. The van der Waals surface area contributed by atoms with Gasteiger partial charge in [-0.3, -0.25) is 9.59 Å². The maximum absolute atomic E-state index is 13.8. The van der Waals surface area contributed by atoms with Gasteiger partial charge in [0.15, 0.2) is 5.95 Å². The highest BCUT2D eigenvalue weighted by Gasteiger charge is 2.35. The Morgan fingerprint density at radius 3 is 2.62 bits per heavy atom. The Balaban J connectivity index is 1.81. The molecule has 1 aromatic carbocycles. The molecule has 0 saturated carbocycles. The summed E-state index contributed by atoms with van der Waals surface area (Å²) in [7, 11) is -4.17. The molecule has 2 amide bonds. The van der Waals surface area contributed by atoms with Crippen LogP contribution in [0.3, 0.4) is 0 Å². The minimum absolute atomic E-state index is 0.00112. The van der Waals surface area contributed by atoms with Crippen LogP contribution >= 0.6 is 23.2 Å². The van der Waals surface area contributed by atoms with Gasteiger partial charge in [0.2, 0.25) is 21.8 Å². The first-order valence-corrected chi connectivity index (χ1v) is 14.3. The molecule has 11 nitrogen and oxygen atoms in total. The van der Waals surface area contributed by atoms with Crippen molar-refractivity contribution in [3.63, 3.8) is 0 Å². The Morgan fingerprint density at radius 2 is 2.00 bits per heavy atom. The van der Waals surface area contributed by atoms with Gasteiger partial charge in [-0.2, -0.15) is 4.72 Å². The van der Waals surface area contributed by atoms with E-state index < -0.39 is 16.1 Å². The topological polar surface area (TPSA) is 162 Å². The number of aromatic nitrogens is 2. The number of rotatable bonds is 11. The number of nitrogens with one attached hydrogen (secondary N) is 4. The average molecular weight is 575 g/mol. The molecule has 1 aromatic heterocycles. The van der Waals surface area contributed by atoms with Crippen LogP contribution in [0.25, 0.3) is 0 Å². The van der Waals surface area contributed by atoms with E-state index in [-0.39, 0.29) is 44.9 Å². The van der Waals surface area contributed by atoms with Crippen molar-refractivity contribution >= 4 is 56.7 Å². The van der Waals surface area contributed by atoms with Gasteiger partial charge in [-0.05, 0) is 43.7 Å². The Morgan fingerprint density at radius 1 is 1.30 bits per heavy atom. The molecule has 0 spiro atoms. The first kappa shape index (κ1) is 29.0. The minimum Gasteiger partial charge on any atom is -0.396 e. The number of hydrogen-bond donors (Lipinski definition) is 5. The molecule has 3 rings (SSSR count). The highest BCUT2D eigenvalue weighted by Crippen LogP contribution is 2.31. The van der Waals surface area contributed by atoms with E-state index in [1.54, 1.807) is 17.3 Å². The van der Waals surface area contributed by atoms with Gasteiger partial charge in [-0.1, -0.05) is 30.1 Å². The summed E-state index contributed by atoms with van der Waals surface area (Å²) in [5.74, 6) is 0.407. The summed E-state index contributed by atoms with van der Waals surface area (Å²) in [6.07, 6.45) is 5.47. The summed E-state index contributed by atoms with van der Waals surface area (Å²) in [6.45, 7) is 4.74. The molecular weight excluding hydrogens is 541 g/mol. The standard InChI is InChI=1S/C23H33Cl2N7O4S/c1-14-5-9-32(16(10-14)13-30-15(2)33)22(34)20(4-3-6-27-23-28-7-8-29-23)31-37(35,36)17-11-18(24)21(26)19(25)12-17/h7-8,11-12,14,16,20,31H,3-6,9-10,13,26H2,1-2H3,(H,30,33)(H2,27,28,29)/t14?,16?,20-/m0/s1. The molecule has 204 valence electrons. The van der Waals surface area contributed by atoms with Crippen molar-refractivity contribution in [1.82, 2.24) is 24.9 Å². The van der Waals surface area contributed by atoms with E-state index in [4.69, 9.17) is 28.9 Å². The zero-order valence-corrected chi connectivity index (χ0v) is 23.1. The van der Waals surface area contributed by atoms with Crippen LogP contribution < -0.4 is 21.1 Å². The van der Waals surface area contributed by atoms with Gasteiger partial charge in [0, 0.05) is 45.0 Å². The number of carbonyl (C=O) groups is 2. The highest BCUT2D eigenvalue weighted by atomic mass is 35.5. The zero-order chi connectivity index (χ0) is 27.2. The summed E-state index contributed by atoms with van der Waals surface area (Å²) in [6, 6.07) is 1.11. The first-order chi connectivity index (χ1) is 17.5. The van der Waals surface area contributed by atoms with Gasteiger partial charge in [-0.25, -0.2) is 13.4 Å². The Kier molecular flexibility index (Phi) is 10.0. The lowest BCUT2D eigenvalue weighted by atomic mass is 9.91. The number of anilines is 2. The lowest BCUT2D eigenvalue weighted by Crippen LogP contribution is -2.56. The second-order valence-electron chi connectivity index (χ2n) is 9.23. The van der Waals surface area contributed by atoms with Crippen LogP contribution in [0.5, 0.6) is 0 Å². The fourth-order valence-electron chi connectivity index (χ4n) is 4.28. The fraction of sp³-hybridized carbons (Fsp3) is 0.522. The Bertz CT molecular complexity index is 1170. The number of piperidine rings is 1. The number of carbonyl (C=O) groups excluding carboxylic acids is 2. The number of H-pyrrole nitrogens is 1. The van der Waals surface area contributed by atoms with Gasteiger partial charge >= 0.3 is 0 Å². The van der Waals surface area contributed by atoms with Crippen LogP contribution in [0.4, 0.5) is 11.6 Å². The maximum atomic E-state index is 13.8. The summed E-state index contributed by atoms with van der Waals surface area (Å²) in [5, 5.41) is 5.88. The molecule has 1 saturated heterocycles. The van der Waals surface area contributed by atoms with Gasteiger partial charge in [-0.15, -0.1) is 0 Å². The van der Waals surface area contributed by atoms with E-state index in [9.17, 15) is 18.0 Å². The number of amides is 2. The van der Waals surface area contributed by atoms with Gasteiger partial charge in [0.05, 0.1) is 20.6 Å². The van der Waals surface area contributed by atoms with E-state index in [1.807, 2.05) is 0 Å². The van der Waals surface area contributed by atoms with Crippen molar-refractivity contribution in [3.8, 4) is 0 Å². The maximum Gasteiger partial charge on any atom is 0.241 e. The molecule has 6 N–H and O–H groups in total. The van der Waals surface area contributed by atoms with Crippen LogP contribution in [0.2, 0.25) is 10.0 Å². The van der Waals surface area contributed by atoms with Crippen molar-refractivity contribution < 1.29 is 18.0 Å². The summed E-state index contributed by atoms with van der Waals surface area (Å²) < 4.78 is 29.1.